The second-order valence-electron chi connectivity index (χ2n) is 4.91. The van der Waals surface area contributed by atoms with Crippen LogP contribution in [0.2, 0.25) is 0 Å². The summed E-state index contributed by atoms with van der Waals surface area (Å²) in [6.45, 7) is 7.95. The fourth-order valence-corrected chi connectivity index (χ4v) is 1.88. The molecule has 1 heterocycles. The summed E-state index contributed by atoms with van der Waals surface area (Å²) >= 11 is 0. The number of amides is 1. The maximum atomic E-state index is 12.0. The third-order valence-electron chi connectivity index (χ3n) is 2.74. The average molecular weight is 254 g/mol. The Hall–Kier alpha value is -1.36. The van der Waals surface area contributed by atoms with E-state index in [2.05, 4.69) is 10.5 Å². The van der Waals surface area contributed by atoms with Crippen LogP contribution in [-0.2, 0) is 6.42 Å². The number of aliphatic hydroxyl groups excluding tert-OH is 1. The highest BCUT2D eigenvalue weighted by molar-refractivity contribution is 5.96. The van der Waals surface area contributed by atoms with Crippen LogP contribution in [0.25, 0.3) is 0 Å². The molecule has 0 saturated carbocycles. The molecular weight excluding hydrogens is 232 g/mol. The van der Waals surface area contributed by atoms with E-state index in [0.29, 0.717) is 35.8 Å². The number of nitrogens with one attached hydrogen (secondary N) is 1. The first-order valence-corrected chi connectivity index (χ1v) is 6.37. The van der Waals surface area contributed by atoms with Crippen LogP contribution >= 0.6 is 0 Å². The molecule has 0 aliphatic rings. The van der Waals surface area contributed by atoms with Crippen molar-refractivity contribution in [3.63, 3.8) is 0 Å². The van der Waals surface area contributed by atoms with Crippen molar-refractivity contribution in [2.24, 2.45) is 5.92 Å². The van der Waals surface area contributed by atoms with Gasteiger partial charge in [0.1, 0.15) is 11.3 Å². The largest absolute Gasteiger partial charge is 0.391 e. The molecule has 2 N–H and O–H groups in total. The van der Waals surface area contributed by atoms with Crippen LogP contribution in [0.3, 0.4) is 0 Å². The minimum atomic E-state index is -0.515. The van der Waals surface area contributed by atoms with Crippen molar-refractivity contribution in [3.8, 4) is 0 Å². The van der Waals surface area contributed by atoms with Gasteiger partial charge < -0.3 is 14.9 Å². The SMILES string of the molecule is CCc1noc(C)c1C(=O)NCC(O)CC(C)C. The summed E-state index contributed by atoms with van der Waals surface area (Å²) in [5, 5.41) is 16.3. The van der Waals surface area contributed by atoms with E-state index < -0.39 is 6.10 Å². The van der Waals surface area contributed by atoms with Gasteiger partial charge in [-0.1, -0.05) is 25.9 Å². The molecule has 18 heavy (non-hydrogen) atoms. The monoisotopic (exact) mass is 254 g/mol. The lowest BCUT2D eigenvalue weighted by Crippen LogP contribution is -2.33. The van der Waals surface area contributed by atoms with Crippen molar-refractivity contribution in [3.05, 3.63) is 17.0 Å². The molecule has 1 aromatic heterocycles. The molecule has 0 aromatic carbocycles. The zero-order chi connectivity index (χ0) is 13.7. The molecule has 1 aromatic rings. The highest BCUT2D eigenvalue weighted by Gasteiger charge is 2.19. The fraction of sp³-hybridized carbons (Fsp3) is 0.692. The lowest BCUT2D eigenvalue weighted by molar-refractivity contribution is 0.0898. The summed E-state index contributed by atoms with van der Waals surface area (Å²) in [7, 11) is 0. The topological polar surface area (TPSA) is 75.4 Å². The Kier molecular flexibility index (Phi) is 5.34. The zero-order valence-electron chi connectivity index (χ0n) is 11.5. The van der Waals surface area contributed by atoms with E-state index in [-0.39, 0.29) is 12.5 Å². The van der Waals surface area contributed by atoms with E-state index in [1.165, 1.54) is 0 Å². The van der Waals surface area contributed by atoms with Gasteiger partial charge >= 0.3 is 0 Å². The molecule has 5 nitrogen and oxygen atoms in total. The second kappa shape index (κ2) is 6.54. The average Bonchev–Trinajstić information content (AvgIpc) is 2.66. The summed E-state index contributed by atoms with van der Waals surface area (Å²) in [6, 6.07) is 0. The van der Waals surface area contributed by atoms with Crippen molar-refractivity contribution in [2.75, 3.05) is 6.54 Å². The molecule has 102 valence electrons. The van der Waals surface area contributed by atoms with Gasteiger partial charge in [0.25, 0.3) is 5.91 Å². The minimum absolute atomic E-state index is 0.228. The predicted octanol–water partition coefficient (Wildman–Crippen LogP) is 1.68. The number of hydrogen-bond acceptors (Lipinski definition) is 4. The fourth-order valence-electron chi connectivity index (χ4n) is 1.88. The Bertz CT molecular complexity index is 399. The third kappa shape index (κ3) is 3.84. The molecule has 5 heteroatoms. The van der Waals surface area contributed by atoms with E-state index in [1.807, 2.05) is 20.8 Å². The van der Waals surface area contributed by atoms with Gasteiger partial charge in [-0.3, -0.25) is 4.79 Å². The predicted molar refractivity (Wildman–Crippen MR) is 68.4 cm³/mol. The Balaban J connectivity index is 2.57. The van der Waals surface area contributed by atoms with Crippen molar-refractivity contribution >= 4 is 5.91 Å². The molecule has 0 radical (unpaired) electrons. The van der Waals surface area contributed by atoms with Crippen LogP contribution in [0.1, 0.15) is 49.0 Å². The Morgan fingerprint density at radius 2 is 2.17 bits per heavy atom. The number of aromatic nitrogens is 1. The summed E-state index contributed by atoms with van der Waals surface area (Å²) in [5.74, 6) is 0.691. The maximum Gasteiger partial charge on any atom is 0.256 e. The van der Waals surface area contributed by atoms with Gasteiger partial charge in [0.2, 0.25) is 0 Å². The lowest BCUT2D eigenvalue weighted by Gasteiger charge is -2.13. The number of aryl methyl sites for hydroxylation is 2. The molecule has 1 rings (SSSR count). The normalized spacial score (nSPS) is 12.8. The number of rotatable bonds is 6. The lowest BCUT2D eigenvalue weighted by atomic mass is 10.1. The van der Waals surface area contributed by atoms with Gasteiger partial charge in [-0.25, -0.2) is 0 Å². The first-order chi connectivity index (χ1) is 8.45. The molecular formula is C13H22N2O3. The molecule has 1 unspecified atom stereocenters. The van der Waals surface area contributed by atoms with Crippen molar-refractivity contribution in [1.29, 1.82) is 0 Å². The van der Waals surface area contributed by atoms with Crippen LogP contribution in [0.5, 0.6) is 0 Å². The number of carbonyl (C=O) groups is 1. The number of nitrogens with zero attached hydrogens (tertiary/aromatic N) is 1. The smallest absolute Gasteiger partial charge is 0.256 e. The second-order valence-corrected chi connectivity index (χ2v) is 4.91. The van der Waals surface area contributed by atoms with Gasteiger partial charge in [0.15, 0.2) is 0 Å². The number of carbonyl (C=O) groups excluding carboxylic acids is 1. The maximum absolute atomic E-state index is 12.0. The van der Waals surface area contributed by atoms with Gasteiger partial charge in [-0.05, 0) is 25.7 Å². The van der Waals surface area contributed by atoms with Crippen LogP contribution in [0.15, 0.2) is 4.52 Å². The Labute approximate surface area is 108 Å². The summed E-state index contributed by atoms with van der Waals surface area (Å²) < 4.78 is 5.01. The van der Waals surface area contributed by atoms with Crippen molar-refractivity contribution in [2.45, 2.75) is 46.6 Å². The van der Waals surface area contributed by atoms with Crippen molar-refractivity contribution in [1.82, 2.24) is 10.5 Å². The van der Waals surface area contributed by atoms with E-state index >= 15 is 0 Å². The zero-order valence-corrected chi connectivity index (χ0v) is 11.5. The van der Waals surface area contributed by atoms with Gasteiger partial charge in [0.05, 0.1) is 11.8 Å². The summed E-state index contributed by atoms with van der Waals surface area (Å²) in [5.41, 5.74) is 1.15. The standard InChI is InChI=1S/C13H22N2O3/c1-5-11-12(9(4)18-15-11)13(17)14-7-10(16)6-8(2)3/h8,10,16H,5-7H2,1-4H3,(H,14,17). The van der Waals surface area contributed by atoms with E-state index in [0.717, 1.165) is 0 Å². The Morgan fingerprint density at radius 3 is 2.72 bits per heavy atom. The first kappa shape index (κ1) is 14.7. The number of hydrogen-bond donors (Lipinski definition) is 2. The molecule has 0 aliphatic carbocycles. The van der Waals surface area contributed by atoms with Gasteiger partial charge in [-0.15, -0.1) is 0 Å². The highest BCUT2D eigenvalue weighted by Crippen LogP contribution is 2.13. The minimum Gasteiger partial charge on any atom is -0.391 e. The van der Waals surface area contributed by atoms with Crippen LogP contribution < -0.4 is 5.32 Å². The summed E-state index contributed by atoms with van der Waals surface area (Å²) in [6.07, 6.45) is 0.803. The van der Waals surface area contributed by atoms with E-state index in [4.69, 9.17) is 4.52 Å². The van der Waals surface area contributed by atoms with Crippen LogP contribution in [0.4, 0.5) is 0 Å². The van der Waals surface area contributed by atoms with E-state index in [1.54, 1.807) is 6.92 Å². The quantitative estimate of drug-likeness (QED) is 0.810. The van der Waals surface area contributed by atoms with Crippen LogP contribution in [0, 0.1) is 12.8 Å². The number of aliphatic hydroxyl groups is 1. The molecule has 0 bridgehead atoms. The van der Waals surface area contributed by atoms with Gasteiger partial charge in [0, 0.05) is 6.54 Å². The van der Waals surface area contributed by atoms with Crippen molar-refractivity contribution < 1.29 is 14.4 Å². The third-order valence-corrected chi connectivity index (χ3v) is 2.74. The summed E-state index contributed by atoms with van der Waals surface area (Å²) in [4.78, 5) is 12.0. The highest BCUT2D eigenvalue weighted by atomic mass is 16.5. The Morgan fingerprint density at radius 1 is 1.50 bits per heavy atom. The molecule has 0 fully saturated rings. The molecule has 1 amide bonds. The van der Waals surface area contributed by atoms with Gasteiger partial charge in [-0.2, -0.15) is 0 Å². The molecule has 0 aliphatic heterocycles. The first-order valence-electron chi connectivity index (χ1n) is 6.37. The molecule has 0 saturated heterocycles. The molecule has 1 atom stereocenters. The molecule has 0 spiro atoms. The van der Waals surface area contributed by atoms with Crippen LogP contribution in [-0.4, -0.2) is 28.8 Å². The van der Waals surface area contributed by atoms with E-state index in [9.17, 15) is 9.90 Å².